The Morgan fingerprint density at radius 3 is 2.62 bits per heavy atom. The molecule has 1 aromatic heterocycles. The number of anilines is 1. The maximum absolute atomic E-state index is 5.28. The largest absolute Gasteiger partial charge is 0.497 e. The molecule has 0 fully saturated rings. The number of benzene rings is 1. The van der Waals surface area contributed by atoms with Gasteiger partial charge in [-0.25, -0.2) is 9.97 Å². The summed E-state index contributed by atoms with van der Waals surface area (Å²) in [5.41, 5.74) is 4.51. The smallest absolute Gasteiger partial charge is 0.133 e. The molecule has 1 heterocycles. The molecule has 21 heavy (non-hydrogen) atoms. The fourth-order valence-corrected chi connectivity index (χ4v) is 2.48. The Morgan fingerprint density at radius 2 is 2.00 bits per heavy atom. The van der Waals surface area contributed by atoms with E-state index in [9.17, 15) is 0 Å². The van der Waals surface area contributed by atoms with Crippen LogP contribution in [0.4, 0.5) is 5.82 Å². The highest BCUT2D eigenvalue weighted by molar-refractivity contribution is 5.71. The molecule has 4 heteroatoms. The predicted molar refractivity (Wildman–Crippen MR) is 86.9 cm³/mol. The fraction of sp³-hybridized carbons (Fsp3) is 0.412. The molecule has 0 unspecified atom stereocenters. The van der Waals surface area contributed by atoms with E-state index in [1.54, 1.807) is 13.4 Å². The Labute approximate surface area is 126 Å². The van der Waals surface area contributed by atoms with Crippen LogP contribution in [0.25, 0.3) is 11.3 Å². The zero-order valence-corrected chi connectivity index (χ0v) is 13.2. The molecule has 0 saturated carbocycles. The molecule has 0 spiro atoms. The molecule has 0 bridgehead atoms. The van der Waals surface area contributed by atoms with Gasteiger partial charge in [0.05, 0.1) is 12.8 Å². The molecule has 0 saturated heterocycles. The van der Waals surface area contributed by atoms with E-state index in [1.165, 1.54) is 5.56 Å². The number of ether oxygens (including phenoxy) is 1. The highest BCUT2D eigenvalue weighted by Crippen LogP contribution is 2.31. The molecule has 2 rings (SSSR count). The minimum absolute atomic E-state index is 0.856. The quantitative estimate of drug-likeness (QED) is 0.876. The molecule has 1 aromatic carbocycles. The van der Waals surface area contributed by atoms with Crippen molar-refractivity contribution in [2.45, 2.75) is 33.6 Å². The van der Waals surface area contributed by atoms with Crippen LogP contribution in [0.5, 0.6) is 5.75 Å². The minimum Gasteiger partial charge on any atom is -0.497 e. The van der Waals surface area contributed by atoms with Gasteiger partial charge in [-0.2, -0.15) is 0 Å². The van der Waals surface area contributed by atoms with Crippen molar-refractivity contribution in [3.63, 3.8) is 0 Å². The standard InChI is InChI=1S/C17H23N3O/c1-5-7-15-16(19-11-20-17(15)18-6-2)14-9-8-13(21-4)10-12(14)3/h8-11H,5-7H2,1-4H3,(H,18,19,20). The van der Waals surface area contributed by atoms with E-state index in [2.05, 4.69) is 42.1 Å². The second kappa shape index (κ2) is 7.07. The molecule has 0 radical (unpaired) electrons. The highest BCUT2D eigenvalue weighted by Gasteiger charge is 2.14. The van der Waals surface area contributed by atoms with Crippen LogP contribution in [0.1, 0.15) is 31.4 Å². The fourth-order valence-electron chi connectivity index (χ4n) is 2.48. The maximum atomic E-state index is 5.28. The van der Waals surface area contributed by atoms with Crippen LogP contribution >= 0.6 is 0 Å². The number of methoxy groups -OCH3 is 1. The Hall–Kier alpha value is -2.10. The van der Waals surface area contributed by atoms with Crippen LogP contribution in [0.15, 0.2) is 24.5 Å². The third kappa shape index (κ3) is 3.32. The van der Waals surface area contributed by atoms with Crippen molar-refractivity contribution < 1.29 is 4.74 Å². The lowest BCUT2D eigenvalue weighted by atomic mass is 9.99. The molecule has 2 aromatic rings. The van der Waals surface area contributed by atoms with Gasteiger partial charge >= 0.3 is 0 Å². The molecular formula is C17H23N3O. The van der Waals surface area contributed by atoms with Crippen molar-refractivity contribution in [3.05, 3.63) is 35.7 Å². The molecule has 0 amide bonds. The first-order valence-electron chi connectivity index (χ1n) is 7.44. The molecule has 0 aliphatic carbocycles. The lowest BCUT2D eigenvalue weighted by Gasteiger charge is -2.15. The Bertz CT molecular complexity index is 611. The summed E-state index contributed by atoms with van der Waals surface area (Å²) in [4.78, 5) is 8.92. The first-order valence-corrected chi connectivity index (χ1v) is 7.44. The van der Waals surface area contributed by atoms with Crippen LogP contribution in [-0.2, 0) is 6.42 Å². The lowest BCUT2D eigenvalue weighted by Crippen LogP contribution is -2.06. The highest BCUT2D eigenvalue weighted by atomic mass is 16.5. The minimum atomic E-state index is 0.856. The summed E-state index contributed by atoms with van der Waals surface area (Å²) in [6.45, 7) is 7.20. The normalized spacial score (nSPS) is 10.5. The second-order valence-electron chi connectivity index (χ2n) is 5.01. The average molecular weight is 285 g/mol. The van der Waals surface area contributed by atoms with Gasteiger partial charge in [0.15, 0.2) is 0 Å². The SMILES string of the molecule is CCCc1c(NCC)ncnc1-c1ccc(OC)cc1C. The maximum Gasteiger partial charge on any atom is 0.133 e. The van der Waals surface area contributed by atoms with Crippen molar-refractivity contribution >= 4 is 5.82 Å². The Morgan fingerprint density at radius 1 is 1.19 bits per heavy atom. The summed E-state index contributed by atoms with van der Waals surface area (Å²) in [5, 5.41) is 3.34. The molecule has 0 atom stereocenters. The number of nitrogens with zero attached hydrogens (tertiary/aromatic N) is 2. The topological polar surface area (TPSA) is 47.0 Å². The summed E-state index contributed by atoms with van der Waals surface area (Å²) in [6, 6.07) is 6.10. The number of aromatic nitrogens is 2. The van der Waals surface area contributed by atoms with E-state index in [0.29, 0.717) is 0 Å². The van der Waals surface area contributed by atoms with Gasteiger partial charge in [-0.15, -0.1) is 0 Å². The van der Waals surface area contributed by atoms with Gasteiger partial charge in [0.2, 0.25) is 0 Å². The Balaban J connectivity index is 2.54. The monoisotopic (exact) mass is 285 g/mol. The average Bonchev–Trinajstić information content (AvgIpc) is 2.49. The number of aryl methyl sites for hydroxylation is 1. The van der Waals surface area contributed by atoms with Gasteiger partial charge in [-0.05, 0) is 44.0 Å². The molecule has 112 valence electrons. The van der Waals surface area contributed by atoms with Gasteiger partial charge in [0.1, 0.15) is 17.9 Å². The van der Waals surface area contributed by atoms with E-state index in [-0.39, 0.29) is 0 Å². The van der Waals surface area contributed by atoms with Gasteiger partial charge < -0.3 is 10.1 Å². The van der Waals surface area contributed by atoms with E-state index in [4.69, 9.17) is 4.74 Å². The number of hydrogen-bond acceptors (Lipinski definition) is 4. The summed E-state index contributed by atoms with van der Waals surface area (Å²) >= 11 is 0. The molecule has 4 nitrogen and oxygen atoms in total. The van der Waals surface area contributed by atoms with Crippen LogP contribution in [-0.4, -0.2) is 23.6 Å². The van der Waals surface area contributed by atoms with E-state index < -0.39 is 0 Å². The van der Waals surface area contributed by atoms with E-state index in [0.717, 1.165) is 47.8 Å². The van der Waals surface area contributed by atoms with Gasteiger partial charge in [0, 0.05) is 17.7 Å². The van der Waals surface area contributed by atoms with Crippen LogP contribution in [0.3, 0.4) is 0 Å². The van der Waals surface area contributed by atoms with Gasteiger partial charge in [0.25, 0.3) is 0 Å². The molecule has 0 aliphatic heterocycles. The molecular weight excluding hydrogens is 262 g/mol. The van der Waals surface area contributed by atoms with Crippen LogP contribution in [0, 0.1) is 6.92 Å². The van der Waals surface area contributed by atoms with E-state index in [1.807, 2.05) is 12.1 Å². The van der Waals surface area contributed by atoms with Crippen molar-refractivity contribution in [2.75, 3.05) is 19.0 Å². The zero-order chi connectivity index (χ0) is 15.2. The lowest BCUT2D eigenvalue weighted by molar-refractivity contribution is 0.414. The number of hydrogen-bond donors (Lipinski definition) is 1. The molecule has 1 N–H and O–H groups in total. The van der Waals surface area contributed by atoms with Crippen molar-refractivity contribution in [1.82, 2.24) is 9.97 Å². The third-order valence-corrected chi connectivity index (χ3v) is 3.48. The zero-order valence-electron chi connectivity index (χ0n) is 13.2. The second-order valence-corrected chi connectivity index (χ2v) is 5.01. The van der Waals surface area contributed by atoms with Crippen molar-refractivity contribution in [2.24, 2.45) is 0 Å². The number of nitrogens with one attached hydrogen (secondary N) is 1. The summed E-state index contributed by atoms with van der Waals surface area (Å²) in [6.07, 6.45) is 3.66. The first-order chi connectivity index (χ1) is 10.2. The van der Waals surface area contributed by atoms with Gasteiger partial charge in [-0.1, -0.05) is 13.3 Å². The Kier molecular flexibility index (Phi) is 5.14. The van der Waals surface area contributed by atoms with Crippen LogP contribution < -0.4 is 10.1 Å². The van der Waals surface area contributed by atoms with Crippen molar-refractivity contribution in [1.29, 1.82) is 0 Å². The number of rotatable bonds is 6. The predicted octanol–water partition coefficient (Wildman–Crippen LogP) is 3.84. The van der Waals surface area contributed by atoms with Crippen molar-refractivity contribution in [3.8, 4) is 17.0 Å². The molecule has 0 aliphatic rings. The van der Waals surface area contributed by atoms with Gasteiger partial charge in [-0.3, -0.25) is 0 Å². The summed E-state index contributed by atoms with van der Waals surface area (Å²) < 4.78 is 5.28. The third-order valence-electron chi connectivity index (χ3n) is 3.48. The summed E-state index contributed by atoms with van der Waals surface area (Å²) in [5.74, 6) is 1.81. The first kappa shape index (κ1) is 15.3. The summed E-state index contributed by atoms with van der Waals surface area (Å²) in [7, 11) is 1.69. The van der Waals surface area contributed by atoms with E-state index >= 15 is 0 Å². The van der Waals surface area contributed by atoms with Crippen LogP contribution in [0.2, 0.25) is 0 Å².